The summed E-state index contributed by atoms with van der Waals surface area (Å²) in [7, 11) is -3.61. The number of benzene rings is 1. The highest BCUT2D eigenvalue weighted by Crippen LogP contribution is 2.16. The van der Waals surface area contributed by atoms with Gasteiger partial charge >= 0.3 is 0 Å². The Morgan fingerprint density at radius 2 is 1.64 bits per heavy atom. The molecule has 25 heavy (non-hydrogen) atoms. The molecule has 0 saturated carbocycles. The van der Waals surface area contributed by atoms with Crippen LogP contribution in [0.15, 0.2) is 29.2 Å². The summed E-state index contributed by atoms with van der Waals surface area (Å²) in [5, 5.41) is 0. The van der Waals surface area contributed by atoms with E-state index in [1.807, 2.05) is 11.8 Å². The number of hydrogen-bond acceptors (Lipinski definition) is 3. The Morgan fingerprint density at radius 3 is 2.20 bits per heavy atom. The van der Waals surface area contributed by atoms with E-state index < -0.39 is 15.8 Å². The maximum atomic E-state index is 13.0. The zero-order valence-corrected chi connectivity index (χ0v) is 15.3. The van der Waals surface area contributed by atoms with Crippen molar-refractivity contribution in [1.82, 2.24) is 9.21 Å². The first kappa shape index (κ1) is 18.3. The summed E-state index contributed by atoms with van der Waals surface area (Å²) >= 11 is 0. The highest BCUT2D eigenvalue weighted by Gasteiger charge is 2.36. The Balaban J connectivity index is 1.61. The van der Waals surface area contributed by atoms with Crippen LogP contribution in [-0.2, 0) is 14.8 Å². The molecule has 1 amide bonds. The Morgan fingerprint density at radius 1 is 1.08 bits per heavy atom. The van der Waals surface area contributed by atoms with Crippen LogP contribution in [-0.4, -0.2) is 68.8 Å². The monoisotopic (exact) mass is 370 g/mol. The number of nitrogens with zero attached hydrogens (tertiary/aromatic N) is 2. The van der Waals surface area contributed by atoms with Gasteiger partial charge in [0.1, 0.15) is 5.82 Å². The second-order valence-corrected chi connectivity index (χ2v) is 8.71. The first-order valence-electron chi connectivity index (χ1n) is 8.78. The third kappa shape index (κ3) is 3.86. The first-order chi connectivity index (χ1) is 11.9. The zero-order valence-electron chi connectivity index (χ0n) is 14.4. The number of halogens is 1. The summed E-state index contributed by atoms with van der Waals surface area (Å²) < 4.78 is 39.7. The number of carbonyl (C=O) groups is 1. The third-order valence-corrected chi connectivity index (χ3v) is 7.13. The molecule has 0 aliphatic carbocycles. The third-order valence-electron chi connectivity index (χ3n) is 5.22. The minimum Gasteiger partial charge on any atom is -0.338 e. The number of sulfonamides is 1. The lowest BCUT2D eigenvalue weighted by molar-refractivity contribution is -0.918. The summed E-state index contributed by atoms with van der Waals surface area (Å²) in [6.45, 7) is 5.53. The van der Waals surface area contributed by atoms with Gasteiger partial charge in [-0.25, -0.2) is 12.8 Å². The van der Waals surface area contributed by atoms with Gasteiger partial charge in [-0.3, -0.25) is 4.79 Å². The van der Waals surface area contributed by atoms with E-state index in [1.165, 1.54) is 16.4 Å². The van der Waals surface area contributed by atoms with Crippen LogP contribution in [0.1, 0.15) is 19.8 Å². The molecule has 0 unspecified atom stereocenters. The fourth-order valence-electron chi connectivity index (χ4n) is 3.59. The number of likely N-dealkylation sites (tertiary alicyclic amines) is 1. The van der Waals surface area contributed by atoms with Crippen LogP contribution in [0.5, 0.6) is 0 Å². The number of quaternary nitrogens is 1. The lowest BCUT2D eigenvalue weighted by Crippen LogP contribution is -3.19. The molecule has 0 spiro atoms. The highest BCUT2D eigenvalue weighted by atomic mass is 32.2. The van der Waals surface area contributed by atoms with E-state index in [0.717, 1.165) is 43.0 Å². The van der Waals surface area contributed by atoms with Crippen LogP contribution in [0.25, 0.3) is 0 Å². The Hall–Kier alpha value is -1.51. The predicted octanol–water partition coefficient (Wildman–Crippen LogP) is -0.274. The molecule has 1 N–H and O–H groups in total. The second kappa shape index (κ2) is 7.39. The number of amides is 1. The van der Waals surface area contributed by atoms with Gasteiger partial charge in [0.15, 0.2) is 6.04 Å². The smallest absolute Gasteiger partial charge is 0.280 e. The van der Waals surface area contributed by atoms with E-state index in [2.05, 4.69) is 0 Å². The highest BCUT2D eigenvalue weighted by molar-refractivity contribution is 7.89. The SMILES string of the molecule is C[C@@H](C(=O)N1CCCC1)[NH+]1CCN(S(=O)(=O)c2ccc(F)cc2)CC1. The molecule has 8 heteroatoms. The number of carbonyl (C=O) groups excluding carboxylic acids is 1. The molecule has 2 aliphatic rings. The molecular weight excluding hydrogens is 345 g/mol. The average molecular weight is 370 g/mol. The average Bonchev–Trinajstić information content (AvgIpc) is 3.15. The Labute approximate surface area is 148 Å². The van der Waals surface area contributed by atoms with Gasteiger partial charge in [0.25, 0.3) is 5.91 Å². The molecule has 1 aromatic rings. The predicted molar refractivity (Wildman–Crippen MR) is 91.1 cm³/mol. The van der Waals surface area contributed by atoms with Crippen LogP contribution in [0.2, 0.25) is 0 Å². The van der Waals surface area contributed by atoms with Crippen LogP contribution in [0.4, 0.5) is 4.39 Å². The van der Waals surface area contributed by atoms with Crippen molar-refractivity contribution >= 4 is 15.9 Å². The first-order valence-corrected chi connectivity index (χ1v) is 10.2. The van der Waals surface area contributed by atoms with Crippen LogP contribution < -0.4 is 4.90 Å². The fourth-order valence-corrected chi connectivity index (χ4v) is 5.03. The van der Waals surface area contributed by atoms with Crippen molar-refractivity contribution in [3.8, 4) is 0 Å². The molecule has 2 heterocycles. The van der Waals surface area contributed by atoms with Gasteiger partial charge in [0.2, 0.25) is 10.0 Å². The van der Waals surface area contributed by atoms with Crippen molar-refractivity contribution in [3.63, 3.8) is 0 Å². The molecule has 138 valence electrons. The molecule has 0 bridgehead atoms. The second-order valence-electron chi connectivity index (χ2n) is 6.77. The molecule has 6 nitrogen and oxygen atoms in total. The number of rotatable bonds is 4. The molecule has 1 aromatic carbocycles. The van der Waals surface area contributed by atoms with Gasteiger partial charge in [-0.1, -0.05) is 0 Å². The van der Waals surface area contributed by atoms with Gasteiger partial charge in [-0.2, -0.15) is 4.31 Å². The molecule has 2 saturated heterocycles. The number of hydrogen-bond donors (Lipinski definition) is 1. The molecule has 1 atom stereocenters. The maximum Gasteiger partial charge on any atom is 0.280 e. The maximum absolute atomic E-state index is 13.0. The van der Waals surface area contributed by atoms with E-state index in [4.69, 9.17) is 0 Å². The molecule has 2 aliphatic heterocycles. The van der Waals surface area contributed by atoms with Crippen molar-refractivity contribution in [1.29, 1.82) is 0 Å². The van der Waals surface area contributed by atoms with Gasteiger partial charge in [0.05, 0.1) is 31.1 Å². The molecular formula is C17H25FN3O3S+. The summed E-state index contributed by atoms with van der Waals surface area (Å²) in [6, 6.07) is 4.76. The van der Waals surface area contributed by atoms with Crippen LogP contribution >= 0.6 is 0 Å². The zero-order chi connectivity index (χ0) is 18.0. The van der Waals surface area contributed by atoms with Crippen molar-refractivity contribution in [3.05, 3.63) is 30.1 Å². The normalized spacial score (nSPS) is 21.4. The minimum atomic E-state index is -3.61. The molecule has 3 rings (SSSR count). The number of nitrogens with one attached hydrogen (secondary N) is 1. The van der Waals surface area contributed by atoms with Gasteiger partial charge in [-0.15, -0.1) is 0 Å². The van der Waals surface area contributed by atoms with E-state index in [1.54, 1.807) is 0 Å². The standard InChI is InChI=1S/C17H24FN3O3S/c1-14(17(22)20-8-2-3-9-20)19-10-12-21(13-11-19)25(23,24)16-6-4-15(18)5-7-16/h4-7,14H,2-3,8-13H2,1H3/p+1/t14-/m0/s1. The Bertz CT molecular complexity index is 709. The lowest BCUT2D eigenvalue weighted by atomic mass is 10.2. The minimum absolute atomic E-state index is 0.110. The van der Waals surface area contributed by atoms with Crippen molar-refractivity contribution in [2.24, 2.45) is 0 Å². The van der Waals surface area contributed by atoms with E-state index in [9.17, 15) is 17.6 Å². The quantitative estimate of drug-likeness (QED) is 0.794. The van der Waals surface area contributed by atoms with E-state index >= 15 is 0 Å². The Kier molecular flexibility index (Phi) is 5.41. The van der Waals surface area contributed by atoms with E-state index in [-0.39, 0.29) is 16.8 Å². The van der Waals surface area contributed by atoms with Gasteiger partial charge in [-0.05, 0) is 44.0 Å². The van der Waals surface area contributed by atoms with Crippen molar-refractivity contribution in [2.75, 3.05) is 39.3 Å². The molecule has 0 radical (unpaired) electrons. The summed E-state index contributed by atoms with van der Waals surface area (Å²) in [5.41, 5.74) is 0. The van der Waals surface area contributed by atoms with Gasteiger partial charge in [0, 0.05) is 13.1 Å². The lowest BCUT2D eigenvalue weighted by Gasteiger charge is -2.35. The topological polar surface area (TPSA) is 62.1 Å². The number of piperazine rings is 1. The summed E-state index contributed by atoms with van der Waals surface area (Å²) in [5.74, 6) is -0.287. The molecule has 2 fully saturated rings. The van der Waals surface area contributed by atoms with Gasteiger partial charge < -0.3 is 9.80 Å². The van der Waals surface area contributed by atoms with Crippen molar-refractivity contribution in [2.45, 2.75) is 30.7 Å². The van der Waals surface area contributed by atoms with Crippen LogP contribution in [0, 0.1) is 5.82 Å². The van der Waals surface area contributed by atoms with Crippen molar-refractivity contribution < 1.29 is 22.5 Å². The molecule has 0 aromatic heterocycles. The summed E-state index contributed by atoms with van der Waals surface area (Å²) in [4.78, 5) is 15.7. The fraction of sp³-hybridized carbons (Fsp3) is 0.588. The van der Waals surface area contributed by atoms with Crippen LogP contribution in [0.3, 0.4) is 0 Å². The van der Waals surface area contributed by atoms with E-state index in [0.29, 0.717) is 26.2 Å². The largest absolute Gasteiger partial charge is 0.338 e. The summed E-state index contributed by atoms with van der Waals surface area (Å²) in [6.07, 6.45) is 2.13.